The fourth-order valence-corrected chi connectivity index (χ4v) is 3.22. The molecule has 0 radical (unpaired) electrons. The molecule has 1 amide bonds. The first-order valence-corrected chi connectivity index (χ1v) is 9.92. The van der Waals surface area contributed by atoms with Crippen LogP contribution in [0.5, 0.6) is 5.75 Å². The van der Waals surface area contributed by atoms with Crippen LogP contribution in [0.4, 0.5) is 4.39 Å². The van der Waals surface area contributed by atoms with Crippen molar-refractivity contribution in [3.8, 4) is 17.0 Å². The highest BCUT2D eigenvalue weighted by atomic mass is 19.1. The number of H-pyrrole nitrogens is 1. The first kappa shape index (κ1) is 21.5. The minimum absolute atomic E-state index is 0.0245. The van der Waals surface area contributed by atoms with E-state index in [0.717, 1.165) is 47.7 Å². The van der Waals surface area contributed by atoms with E-state index >= 15 is 0 Å². The topological polar surface area (TPSA) is 70.2 Å². The highest BCUT2D eigenvalue weighted by Gasteiger charge is 2.09. The molecule has 2 aromatic carbocycles. The molecule has 0 spiro atoms. The van der Waals surface area contributed by atoms with E-state index in [1.54, 1.807) is 19.2 Å². The van der Waals surface area contributed by atoms with Gasteiger partial charge in [-0.05, 0) is 62.8 Å². The molecule has 0 saturated heterocycles. The second-order valence-corrected chi connectivity index (χ2v) is 7.22. The number of carbonyl (C=O) groups excluding carboxylic acids is 1. The van der Waals surface area contributed by atoms with Gasteiger partial charge in [0, 0.05) is 23.4 Å². The Morgan fingerprint density at radius 1 is 1.20 bits per heavy atom. The number of benzene rings is 2. The molecule has 0 unspecified atom stereocenters. The lowest BCUT2D eigenvalue weighted by Gasteiger charge is -2.16. The van der Waals surface area contributed by atoms with Crippen LogP contribution in [0.3, 0.4) is 0 Å². The average molecular weight is 410 g/mol. The van der Waals surface area contributed by atoms with Crippen LogP contribution < -0.4 is 10.1 Å². The van der Waals surface area contributed by atoms with E-state index in [1.165, 1.54) is 12.1 Å². The summed E-state index contributed by atoms with van der Waals surface area (Å²) < 4.78 is 18.3. The van der Waals surface area contributed by atoms with Crippen molar-refractivity contribution in [2.24, 2.45) is 0 Å². The van der Waals surface area contributed by atoms with E-state index in [-0.39, 0.29) is 11.7 Å². The van der Waals surface area contributed by atoms with Gasteiger partial charge in [-0.25, -0.2) is 4.39 Å². The maximum atomic E-state index is 13.0. The number of methoxy groups -OCH3 is 1. The minimum Gasteiger partial charge on any atom is -0.496 e. The number of para-hydroxylation sites is 1. The van der Waals surface area contributed by atoms with Gasteiger partial charge in [0.25, 0.3) is 0 Å². The predicted octanol–water partition coefficient (Wildman–Crippen LogP) is 3.41. The molecule has 1 heterocycles. The SMILES string of the molecule is COc1ccccc1CNC(=O)CN(C)CCCc1cc(-c2ccc(F)cc2)n[nH]1. The molecular weight excluding hydrogens is 383 g/mol. The quantitative estimate of drug-likeness (QED) is 0.537. The summed E-state index contributed by atoms with van der Waals surface area (Å²) in [6.07, 6.45) is 1.71. The number of ether oxygens (including phenoxy) is 1. The van der Waals surface area contributed by atoms with Gasteiger partial charge in [-0.2, -0.15) is 5.10 Å². The van der Waals surface area contributed by atoms with Crippen molar-refractivity contribution < 1.29 is 13.9 Å². The lowest BCUT2D eigenvalue weighted by atomic mass is 10.1. The predicted molar refractivity (Wildman–Crippen MR) is 115 cm³/mol. The largest absolute Gasteiger partial charge is 0.496 e. The van der Waals surface area contributed by atoms with Crippen molar-refractivity contribution >= 4 is 5.91 Å². The third-order valence-electron chi connectivity index (χ3n) is 4.84. The molecule has 3 aromatic rings. The first-order chi connectivity index (χ1) is 14.5. The van der Waals surface area contributed by atoms with Gasteiger partial charge < -0.3 is 10.1 Å². The van der Waals surface area contributed by atoms with Crippen molar-refractivity contribution in [1.82, 2.24) is 20.4 Å². The van der Waals surface area contributed by atoms with Crippen LogP contribution in [0.25, 0.3) is 11.3 Å². The van der Waals surface area contributed by atoms with Crippen LogP contribution in [0.2, 0.25) is 0 Å². The molecule has 2 N–H and O–H groups in total. The smallest absolute Gasteiger partial charge is 0.234 e. The number of rotatable bonds is 10. The summed E-state index contributed by atoms with van der Waals surface area (Å²) >= 11 is 0. The van der Waals surface area contributed by atoms with Gasteiger partial charge >= 0.3 is 0 Å². The number of nitrogens with one attached hydrogen (secondary N) is 2. The average Bonchev–Trinajstić information content (AvgIpc) is 3.22. The molecule has 0 aliphatic carbocycles. The molecule has 0 aliphatic rings. The number of aromatic nitrogens is 2. The van der Waals surface area contributed by atoms with Crippen molar-refractivity contribution in [1.29, 1.82) is 0 Å². The highest BCUT2D eigenvalue weighted by molar-refractivity contribution is 5.78. The summed E-state index contributed by atoms with van der Waals surface area (Å²) in [5.74, 6) is 0.485. The summed E-state index contributed by atoms with van der Waals surface area (Å²) in [4.78, 5) is 14.2. The number of aryl methyl sites for hydroxylation is 1. The van der Waals surface area contributed by atoms with Crippen molar-refractivity contribution in [2.45, 2.75) is 19.4 Å². The number of carbonyl (C=O) groups is 1. The van der Waals surface area contributed by atoms with Crippen LogP contribution in [0, 0.1) is 5.82 Å². The zero-order valence-electron chi connectivity index (χ0n) is 17.3. The van der Waals surface area contributed by atoms with Crippen LogP contribution in [-0.2, 0) is 17.8 Å². The Morgan fingerprint density at radius 3 is 2.73 bits per heavy atom. The molecule has 0 bridgehead atoms. The second-order valence-electron chi connectivity index (χ2n) is 7.22. The molecule has 30 heavy (non-hydrogen) atoms. The Hall–Kier alpha value is -3.19. The summed E-state index contributed by atoms with van der Waals surface area (Å²) in [6.45, 7) is 1.56. The Balaban J connectivity index is 1.39. The Morgan fingerprint density at radius 2 is 1.97 bits per heavy atom. The van der Waals surface area contributed by atoms with E-state index in [4.69, 9.17) is 4.74 Å². The van der Waals surface area contributed by atoms with Crippen LogP contribution in [-0.4, -0.2) is 48.3 Å². The van der Waals surface area contributed by atoms with Crippen LogP contribution in [0.1, 0.15) is 17.7 Å². The molecule has 7 heteroatoms. The summed E-state index contributed by atoms with van der Waals surface area (Å²) in [6, 6.07) is 15.9. The molecule has 0 fully saturated rings. The monoisotopic (exact) mass is 410 g/mol. The number of hydrogen-bond donors (Lipinski definition) is 2. The second kappa shape index (κ2) is 10.5. The molecule has 3 rings (SSSR count). The number of aromatic amines is 1. The fraction of sp³-hybridized carbons (Fsp3) is 0.304. The lowest BCUT2D eigenvalue weighted by Crippen LogP contribution is -2.35. The normalized spacial score (nSPS) is 10.9. The van der Waals surface area contributed by atoms with Gasteiger partial charge in [-0.1, -0.05) is 18.2 Å². The number of likely N-dealkylation sites (N-methyl/N-ethyl adjacent to an activating group) is 1. The summed E-state index contributed by atoms with van der Waals surface area (Å²) in [7, 11) is 3.55. The van der Waals surface area contributed by atoms with Crippen molar-refractivity contribution in [2.75, 3.05) is 27.2 Å². The lowest BCUT2D eigenvalue weighted by molar-refractivity contribution is -0.122. The van der Waals surface area contributed by atoms with Crippen molar-refractivity contribution in [3.63, 3.8) is 0 Å². The molecule has 1 aromatic heterocycles. The molecule has 6 nitrogen and oxygen atoms in total. The molecule has 0 atom stereocenters. The van der Waals surface area contributed by atoms with Crippen LogP contribution in [0.15, 0.2) is 54.6 Å². The Labute approximate surface area is 176 Å². The van der Waals surface area contributed by atoms with Gasteiger partial charge in [-0.3, -0.25) is 14.8 Å². The fourth-order valence-electron chi connectivity index (χ4n) is 3.22. The van der Waals surface area contributed by atoms with Gasteiger partial charge in [0.2, 0.25) is 5.91 Å². The molecule has 0 saturated carbocycles. The maximum absolute atomic E-state index is 13.0. The number of nitrogens with zero attached hydrogens (tertiary/aromatic N) is 2. The number of hydrogen-bond acceptors (Lipinski definition) is 4. The molecular formula is C23H27FN4O2. The van der Waals surface area contributed by atoms with Gasteiger partial charge in [0.1, 0.15) is 11.6 Å². The van der Waals surface area contributed by atoms with Gasteiger partial charge in [0.05, 0.1) is 19.3 Å². The summed E-state index contributed by atoms with van der Waals surface area (Å²) in [5.41, 5.74) is 3.65. The van der Waals surface area contributed by atoms with E-state index in [2.05, 4.69) is 15.5 Å². The van der Waals surface area contributed by atoms with E-state index in [0.29, 0.717) is 13.1 Å². The first-order valence-electron chi connectivity index (χ1n) is 9.92. The third-order valence-corrected chi connectivity index (χ3v) is 4.84. The van der Waals surface area contributed by atoms with E-state index < -0.39 is 0 Å². The van der Waals surface area contributed by atoms with E-state index in [1.807, 2.05) is 42.3 Å². The minimum atomic E-state index is -0.260. The highest BCUT2D eigenvalue weighted by Crippen LogP contribution is 2.19. The summed E-state index contributed by atoms with van der Waals surface area (Å²) in [5, 5.41) is 10.3. The Bertz CT molecular complexity index is 956. The number of halogens is 1. The van der Waals surface area contributed by atoms with Crippen LogP contribution >= 0.6 is 0 Å². The molecule has 158 valence electrons. The van der Waals surface area contributed by atoms with Gasteiger partial charge in [-0.15, -0.1) is 0 Å². The molecule has 0 aliphatic heterocycles. The Kier molecular flexibility index (Phi) is 7.57. The third kappa shape index (κ3) is 6.15. The zero-order valence-corrected chi connectivity index (χ0v) is 17.3. The standard InChI is InChI=1S/C23H27FN4O2/c1-28(16-23(29)25-15-18-6-3-4-8-22(18)30-2)13-5-7-20-14-21(27-26-20)17-9-11-19(24)12-10-17/h3-4,6,8-12,14H,5,7,13,15-16H2,1-2H3,(H,25,29)(H,26,27). The van der Waals surface area contributed by atoms with E-state index in [9.17, 15) is 9.18 Å². The maximum Gasteiger partial charge on any atom is 0.234 e. The van der Waals surface area contributed by atoms with Gasteiger partial charge in [0.15, 0.2) is 0 Å². The number of amides is 1. The van der Waals surface area contributed by atoms with Crippen molar-refractivity contribution in [3.05, 3.63) is 71.7 Å². The zero-order chi connectivity index (χ0) is 21.3.